The minimum absolute atomic E-state index is 0.0955. The van der Waals surface area contributed by atoms with E-state index in [0.717, 1.165) is 12.1 Å². The van der Waals surface area contributed by atoms with E-state index in [1.807, 2.05) is 6.07 Å². The Morgan fingerprint density at radius 2 is 1.61 bits per heavy atom. The second kappa shape index (κ2) is 4.65. The molecule has 0 unspecified atom stereocenters. The molecule has 2 aromatic carbocycles. The number of halogens is 2. The highest BCUT2D eigenvalue weighted by atomic mass is 19.1. The van der Waals surface area contributed by atoms with E-state index >= 15 is 0 Å². The molecular weight excluding hydrogens is 234 g/mol. The van der Waals surface area contributed by atoms with Gasteiger partial charge in [-0.1, -0.05) is 12.1 Å². The van der Waals surface area contributed by atoms with E-state index in [4.69, 9.17) is 11.8 Å². The molecule has 0 heterocycles. The second-order valence-corrected chi connectivity index (χ2v) is 3.57. The molecule has 0 spiro atoms. The first-order valence-electron chi connectivity index (χ1n) is 5.02. The van der Waals surface area contributed by atoms with Crippen LogP contribution in [0.3, 0.4) is 0 Å². The van der Waals surface area contributed by atoms with E-state index in [1.54, 1.807) is 0 Å². The summed E-state index contributed by atoms with van der Waals surface area (Å²) in [5, 5.41) is 8.95. The lowest BCUT2D eigenvalue weighted by molar-refractivity contribution is 0.627. The van der Waals surface area contributed by atoms with Gasteiger partial charge < -0.3 is 0 Å². The zero-order chi connectivity index (χ0) is 13.1. The summed E-state index contributed by atoms with van der Waals surface area (Å²) in [5.41, 5.74) is 1.05. The third kappa shape index (κ3) is 2.05. The van der Waals surface area contributed by atoms with Crippen LogP contribution in [0, 0.1) is 29.5 Å². The lowest BCUT2D eigenvalue weighted by Gasteiger charge is -2.06. The van der Waals surface area contributed by atoms with Gasteiger partial charge in [0.1, 0.15) is 11.6 Å². The number of nitrogens with zero attached hydrogens (tertiary/aromatic N) is 2. The molecule has 2 nitrogen and oxygen atoms in total. The molecule has 0 aliphatic heterocycles. The van der Waals surface area contributed by atoms with Crippen LogP contribution in [0.1, 0.15) is 5.56 Å². The monoisotopic (exact) mass is 240 g/mol. The Balaban J connectivity index is 2.71. The number of benzene rings is 2. The molecule has 2 aromatic rings. The third-order valence-corrected chi connectivity index (χ3v) is 2.47. The highest BCUT2D eigenvalue weighted by Gasteiger charge is 2.11. The highest BCUT2D eigenvalue weighted by molar-refractivity contribution is 5.81. The molecule has 4 heteroatoms. The van der Waals surface area contributed by atoms with Crippen molar-refractivity contribution in [3.63, 3.8) is 0 Å². The van der Waals surface area contributed by atoms with Crippen molar-refractivity contribution in [2.75, 3.05) is 0 Å². The Bertz CT molecular complexity index is 632. The van der Waals surface area contributed by atoms with Crippen LogP contribution >= 0.6 is 0 Å². The fourth-order valence-corrected chi connectivity index (χ4v) is 1.67. The Labute approximate surface area is 103 Å². The summed E-state index contributed by atoms with van der Waals surface area (Å²) in [6, 6.07) is 9.27. The van der Waals surface area contributed by atoms with Crippen LogP contribution in [0.5, 0.6) is 0 Å². The third-order valence-electron chi connectivity index (χ3n) is 2.47. The van der Waals surface area contributed by atoms with E-state index in [-0.39, 0.29) is 11.3 Å². The minimum atomic E-state index is -0.526. The molecular formula is C14H6F2N2. The quantitative estimate of drug-likeness (QED) is 0.691. The molecule has 0 saturated carbocycles. The van der Waals surface area contributed by atoms with Crippen LogP contribution in [-0.4, -0.2) is 0 Å². The van der Waals surface area contributed by atoms with Gasteiger partial charge in [-0.15, -0.1) is 0 Å². The maximum Gasteiger partial charge on any atom is 0.197 e. The van der Waals surface area contributed by atoms with Gasteiger partial charge in [-0.25, -0.2) is 13.6 Å². The normalized spacial score (nSPS) is 9.56. The lowest BCUT2D eigenvalue weighted by atomic mass is 9.98. The molecule has 0 fully saturated rings. The van der Waals surface area contributed by atoms with Gasteiger partial charge >= 0.3 is 0 Å². The van der Waals surface area contributed by atoms with Crippen LogP contribution in [0.15, 0.2) is 36.4 Å². The lowest BCUT2D eigenvalue weighted by Crippen LogP contribution is -1.87. The fourth-order valence-electron chi connectivity index (χ4n) is 1.67. The van der Waals surface area contributed by atoms with E-state index < -0.39 is 11.6 Å². The van der Waals surface area contributed by atoms with Crippen molar-refractivity contribution >= 4 is 5.69 Å². The average molecular weight is 240 g/mol. The first-order chi connectivity index (χ1) is 8.65. The highest BCUT2D eigenvalue weighted by Crippen LogP contribution is 2.33. The molecule has 0 aliphatic rings. The first-order valence-corrected chi connectivity index (χ1v) is 5.02. The largest absolute Gasteiger partial charge is 0.237 e. The van der Waals surface area contributed by atoms with E-state index in [0.29, 0.717) is 11.1 Å². The molecule has 0 amide bonds. The molecule has 86 valence electrons. The van der Waals surface area contributed by atoms with Gasteiger partial charge in [-0.3, -0.25) is 0 Å². The number of hydrogen-bond acceptors (Lipinski definition) is 1. The van der Waals surface area contributed by atoms with Crippen LogP contribution in [0.4, 0.5) is 14.5 Å². The SMILES string of the molecule is [C-]#[N+]c1cc(F)ccc1-c1ccc(F)cc1C#N. The van der Waals surface area contributed by atoms with Crippen LogP contribution in [0.2, 0.25) is 0 Å². The molecule has 0 aliphatic carbocycles. The van der Waals surface area contributed by atoms with Gasteiger partial charge in [0.2, 0.25) is 0 Å². The summed E-state index contributed by atoms with van der Waals surface area (Å²) in [6.45, 7) is 7.00. The van der Waals surface area contributed by atoms with Crippen molar-refractivity contribution in [1.82, 2.24) is 0 Å². The van der Waals surface area contributed by atoms with Crippen LogP contribution < -0.4 is 0 Å². The summed E-state index contributed by atoms with van der Waals surface area (Å²) in [6.07, 6.45) is 0. The van der Waals surface area contributed by atoms with Gasteiger partial charge in [-0.2, -0.15) is 5.26 Å². The summed E-state index contributed by atoms with van der Waals surface area (Å²) in [7, 11) is 0. The Morgan fingerprint density at radius 1 is 1.00 bits per heavy atom. The summed E-state index contributed by atoms with van der Waals surface area (Å²) in [5.74, 6) is -1.05. The van der Waals surface area contributed by atoms with Crippen molar-refractivity contribution < 1.29 is 8.78 Å². The minimum Gasteiger partial charge on any atom is -0.237 e. The van der Waals surface area contributed by atoms with Crippen molar-refractivity contribution in [2.45, 2.75) is 0 Å². The molecule has 0 saturated heterocycles. The molecule has 0 bridgehead atoms. The maximum absolute atomic E-state index is 13.0. The number of hydrogen-bond donors (Lipinski definition) is 0. The second-order valence-electron chi connectivity index (χ2n) is 3.57. The summed E-state index contributed by atoms with van der Waals surface area (Å²) < 4.78 is 26.1. The van der Waals surface area contributed by atoms with Crippen molar-refractivity contribution in [1.29, 1.82) is 5.26 Å². The van der Waals surface area contributed by atoms with E-state index in [1.165, 1.54) is 24.3 Å². The number of rotatable bonds is 1. The Hall–Kier alpha value is -2.72. The van der Waals surface area contributed by atoms with Crippen molar-refractivity contribution in [3.05, 3.63) is 65.0 Å². The molecule has 0 N–H and O–H groups in total. The zero-order valence-electron chi connectivity index (χ0n) is 9.11. The Morgan fingerprint density at radius 3 is 2.22 bits per heavy atom. The predicted molar refractivity (Wildman–Crippen MR) is 62.8 cm³/mol. The van der Waals surface area contributed by atoms with Crippen LogP contribution in [-0.2, 0) is 0 Å². The molecule has 18 heavy (non-hydrogen) atoms. The average Bonchev–Trinajstić information content (AvgIpc) is 2.38. The topological polar surface area (TPSA) is 28.1 Å². The van der Waals surface area contributed by atoms with E-state index in [2.05, 4.69) is 4.85 Å². The van der Waals surface area contributed by atoms with Crippen LogP contribution in [0.25, 0.3) is 16.0 Å². The zero-order valence-corrected chi connectivity index (χ0v) is 9.11. The smallest absolute Gasteiger partial charge is 0.197 e. The van der Waals surface area contributed by atoms with Gasteiger partial charge in [0.15, 0.2) is 5.69 Å². The maximum atomic E-state index is 13.0. The summed E-state index contributed by atoms with van der Waals surface area (Å²) in [4.78, 5) is 3.21. The molecule has 2 rings (SSSR count). The molecule has 0 aromatic heterocycles. The fraction of sp³-hybridized carbons (Fsp3) is 0. The van der Waals surface area contributed by atoms with Gasteiger partial charge in [-0.05, 0) is 35.4 Å². The Kier molecular flexibility index (Phi) is 3.03. The first kappa shape index (κ1) is 11.8. The standard InChI is InChI=1S/C14H6F2N2/c1-18-14-7-11(16)3-5-13(14)12-4-2-10(15)6-9(12)8-17/h2-7H. The van der Waals surface area contributed by atoms with Crippen molar-refractivity contribution in [2.24, 2.45) is 0 Å². The summed E-state index contributed by atoms with van der Waals surface area (Å²) >= 11 is 0. The van der Waals surface area contributed by atoms with Crippen molar-refractivity contribution in [3.8, 4) is 17.2 Å². The molecule has 0 radical (unpaired) electrons. The van der Waals surface area contributed by atoms with Gasteiger partial charge in [0, 0.05) is 0 Å². The molecule has 0 atom stereocenters. The van der Waals surface area contributed by atoms with Gasteiger partial charge in [0.05, 0.1) is 18.2 Å². The van der Waals surface area contributed by atoms with E-state index in [9.17, 15) is 8.78 Å². The number of nitriles is 1. The van der Waals surface area contributed by atoms with Gasteiger partial charge in [0.25, 0.3) is 0 Å². The predicted octanol–water partition coefficient (Wildman–Crippen LogP) is 4.05.